The summed E-state index contributed by atoms with van der Waals surface area (Å²) >= 11 is 0. The summed E-state index contributed by atoms with van der Waals surface area (Å²) in [7, 11) is -3.46. The smallest absolute Gasteiger partial charge is 0.322 e. The van der Waals surface area contributed by atoms with Crippen molar-refractivity contribution in [2.45, 2.75) is 43.4 Å². The van der Waals surface area contributed by atoms with Gasteiger partial charge in [0.05, 0.1) is 4.90 Å². The molecule has 0 unspecified atom stereocenters. The summed E-state index contributed by atoms with van der Waals surface area (Å²) in [5, 5.41) is 10.8. The Labute approximate surface area is 148 Å². The van der Waals surface area contributed by atoms with Crippen LogP contribution in [0.1, 0.15) is 37.7 Å². The van der Waals surface area contributed by atoms with E-state index in [0.717, 1.165) is 31.2 Å². The number of aliphatic carboxylic acids is 1. The number of hydrogen-bond donors (Lipinski definition) is 2. The van der Waals surface area contributed by atoms with Crippen molar-refractivity contribution in [3.63, 3.8) is 0 Å². The molecule has 25 heavy (non-hydrogen) atoms. The summed E-state index contributed by atoms with van der Waals surface area (Å²) in [4.78, 5) is 22.2. The molecule has 0 bridgehead atoms. The third-order valence-electron chi connectivity index (χ3n) is 4.20. The molecule has 1 aliphatic heterocycles. The first kappa shape index (κ1) is 19.4. The molecular formula is C17H24N2O5S. The van der Waals surface area contributed by atoms with E-state index in [1.165, 1.54) is 0 Å². The van der Waals surface area contributed by atoms with E-state index in [9.17, 15) is 18.0 Å². The fourth-order valence-electron chi connectivity index (χ4n) is 2.78. The molecule has 0 aliphatic carbocycles. The molecule has 2 N–H and O–H groups in total. The van der Waals surface area contributed by atoms with Gasteiger partial charge >= 0.3 is 5.97 Å². The van der Waals surface area contributed by atoms with Crippen LogP contribution in [0.2, 0.25) is 0 Å². The van der Waals surface area contributed by atoms with Crippen molar-refractivity contribution in [3.8, 4) is 0 Å². The van der Waals surface area contributed by atoms with Gasteiger partial charge in [-0.15, -0.1) is 0 Å². The number of carboxylic acid groups (broad SMARTS) is 1. The van der Waals surface area contributed by atoms with E-state index in [0.29, 0.717) is 19.5 Å². The van der Waals surface area contributed by atoms with Crippen LogP contribution in [-0.4, -0.2) is 49.3 Å². The highest BCUT2D eigenvalue weighted by molar-refractivity contribution is 7.89. The number of aryl methyl sites for hydroxylation is 1. The largest absolute Gasteiger partial charge is 0.480 e. The first-order valence-corrected chi connectivity index (χ1v) is 9.91. The lowest BCUT2D eigenvalue weighted by Gasteiger charge is -2.20. The average Bonchev–Trinajstić information content (AvgIpc) is 2.88. The van der Waals surface area contributed by atoms with Crippen molar-refractivity contribution in [1.82, 2.24) is 9.62 Å². The predicted molar refractivity (Wildman–Crippen MR) is 92.6 cm³/mol. The molecular weight excluding hydrogens is 344 g/mol. The third-order valence-corrected chi connectivity index (χ3v) is 6.12. The minimum Gasteiger partial charge on any atom is -0.480 e. The van der Waals surface area contributed by atoms with Crippen molar-refractivity contribution in [3.05, 3.63) is 29.8 Å². The number of benzene rings is 1. The molecule has 1 amide bonds. The second-order valence-corrected chi connectivity index (χ2v) is 8.07. The van der Waals surface area contributed by atoms with Crippen molar-refractivity contribution >= 4 is 21.9 Å². The van der Waals surface area contributed by atoms with Crippen molar-refractivity contribution < 1.29 is 23.1 Å². The van der Waals surface area contributed by atoms with Crippen LogP contribution in [0.3, 0.4) is 0 Å². The molecule has 0 saturated carbocycles. The van der Waals surface area contributed by atoms with Gasteiger partial charge in [0.15, 0.2) is 0 Å². The molecule has 0 spiro atoms. The van der Waals surface area contributed by atoms with Gasteiger partial charge in [-0.3, -0.25) is 9.59 Å². The Morgan fingerprint density at radius 3 is 2.20 bits per heavy atom. The fraction of sp³-hybridized carbons (Fsp3) is 0.529. The lowest BCUT2D eigenvalue weighted by atomic mass is 10.1. The number of nitrogens with one attached hydrogen (secondary N) is 1. The molecule has 138 valence electrons. The highest BCUT2D eigenvalue weighted by atomic mass is 32.2. The van der Waals surface area contributed by atoms with Crippen LogP contribution < -0.4 is 5.32 Å². The maximum Gasteiger partial charge on any atom is 0.322 e. The Kier molecular flexibility index (Phi) is 6.95. The topological polar surface area (TPSA) is 104 Å². The number of carbonyl (C=O) groups is 2. The molecule has 1 saturated heterocycles. The zero-order valence-electron chi connectivity index (χ0n) is 14.1. The van der Waals surface area contributed by atoms with E-state index in [1.54, 1.807) is 28.6 Å². The van der Waals surface area contributed by atoms with Gasteiger partial charge in [0, 0.05) is 19.5 Å². The first-order valence-electron chi connectivity index (χ1n) is 8.47. The van der Waals surface area contributed by atoms with E-state index >= 15 is 0 Å². The minimum atomic E-state index is -3.46. The molecule has 2 rings (SSSR count). The molecule has 8 heteroatoms. The SMILES string of the molecule is O=C(O)CNC(=O)CCc1ccc(S(=O)(=O)N2CCCCCC2)cc1. The van der Waals surface area contributed by atoms with Crippen LogP contribution in [0.15, 0.2) is 29.2 Å². The normalized spacial score (nSPS) is 16.2. The zero-order chi connectivity index (χ0) is 18.3. The molecule has 1 fully saturated rings. The highest BCUT2D eigenvalue weighted by Gasteiger charge is 2.24. The Hall–Kier alpha value is -1.93. The summed E-state index contributed by atoms with van der Waals surface area (Å²) in [5.74, 6) is -1.43. The van der Waals surface area contributed by atoms with Gasteiger partial charge in [0.25, 0.3) is 0 Å². The van der Waals surface area contributed by atoms with Gasteiger partial charge in [-0.1, -0.05) is 25.0 Å². The van der Waals surface area contributed by atoms with Crippen LogP contribution in [0, 0.1) is 0 Å². The summed E-state index contributed by atoms with van der Waals surface area (Å²) < 4.78 is 26.9. The van der Waals surface area contributed by atoms with Crippen molar-refractivity contribution in [2.24, 2.45) is 0 Å². The van der Waals surface area contributed by atoms with Crippen LogP contribution >= 0.6 is 0 Å². The number of carbonyl (C=O) groups excluding carboxylic acids is 1. The number of hydrogen-bond acceptors (Lipinski definition) is 4. The zero-order valence-corrected chi connectivity index (χ0v) is 14.9. The number of carboxylic acids is 1. The Balaban J connectivity index is 1.94. The maximum absolute atomic E-state index is 12.7. The van der Waals surface area contributed by atoms with Crippen LogP contribution in [0.5, 0.6) is 0 Å². The van der Waals surface area contributed by atoms with Crippen molar-refractivity contribution in [2.75, 3.05) is 19.6 Å². The standard InChI is InChI=1S/C17H24N2O5S/c20-16(18-13-17(21)22)10-7-14-5-8-15(9-6-14)25(23,24)19-11-3-1-2-4-12-19/h5-6,8-9H,1-4,7,10-13H2,(H,18,20)(H,21,22). The quantitative estimate of drug-likeness (QED) is 0.757. The second kappa shape index (κ2) is 8.96. The lowest BCUT2D eigenvalue weighted by molar-refractivity contribution is -0.137. The van der Waals surface area contributed by atoms with E-state index in [-0.39, 0.29) is 17.2 Å². The van der Waals surface area contributed by atoms with Crippen LogP contribution in [0.25, 0.3) is 0 Å². The summed E-state index contributed by atoms with van der Waals surface area (Å²) in [5.41, 5.74) is 0.834. The minimum absolute atomic E-state index is 0.158. The Morgan fingerprint density at radius 1 is 1.04 bits per heavy atom. The fourth-order valence-corrected chi connectivity index (χ4v) is 4.30. The van der Waals surface area contributed by atoms with Crippen molar-refractivity contribution in [1.29, 1.82) is 0 Å². The average molecular weight is 368 g/mol. The molecule has 1 heterocycles. The molecule has 0 radical (unpaired) electrons. The van der Waals surface area contributed by atoms with Crippen LogP contribution in [0.4, 0.5) is 0 Å². The molecule has 1 aromatic rings. The summed E-state index contributed by atoms with van der Waals surface area (Å²) in [6, 6.07) is 6.56. The highest BCUT2D eigenvalue weighted by Crippen LogP contribution is 2.21. The van der Waals surface area contributed by atoms with Crippen LogP contribution in [-0.2, 0) is 26.0 Å². The lowest BCUT2D eigenvalue weighted by Crippen LogP contribution is -2.31. The van der Waals surface area contributed by atoms with E-state index in [2.05, 4.69) is 5.32 Å². The maximum atomic E-state index is 12.7. The first-order chi connectivity index (χ1) is 11.9. The van der Waals surface area contributed by atoms with Gasteiger partial charge in [-0.25, -0.2) is 8.42 Å². The molecule has 1 aliphatic rings. The van der Waals surface area contributed by atoms with Gasteiger partial charge in [-0.05, 0) is 37.0 Å². The Morgan fingerprint density at radius 2 is 1.64 bits per heavy atom. The Bertz CT molecular complexity index is 692. The molecule has 7 nitrogen and oxygen atoms in total. The third kappa shape index (κ3) is 5.82. The molecule has 1 aromatic carbocycles. The van der Waals surface area contributed by atoms with Gasteiger partial charge in [0.2, 0.25) is 15.9 Å². The predicted octanol–water partition coefficient (Wildman–Crippen LogP) is 1.38. The van der Waals surface area contributed by atoms with Gasteiger partial charge < -0.3 is 10.4 Å². The molecule has 0 aromatic heterocycles. The number of amides is 1. The summed E-state index contributed by atoms with van der Waals surface area (Å²) in [6.45, 7) is 0.730. The number of sulfonamides is 1. The van der Waals surface area contributed by atoms with Gasteiger partial charge in [-0.2, -0.15) is 4.31 Å². The summed E-state index contributed by atoms with van der Waals surface area (Å²) in [6.07, 6.45) is 4.50. The van der Waals surface area contributed by atoms with Gasteiger partial charge in [0.1, 0.15) is 6.54 Å². The van der Waals surface area contributed by atoms with E-state index in [4.69, 9.17) is 5.11 Å². The van der Waals surface area contributed by atoms with E-state index < -0.39 is 22.5 Å². The number of nitrogens with zero attached hydrogens (tertiary/aromatic N) is 1. The second-order valence-electron chi connectivity index (χ2n) is 6.13. The monoisotopic (exact) mass is 368 g/mol. The molecule has 0 atom stereocenters. The number of rotatable bonds is 7. The van der Waals surface area contributed by atoms with E-state index in [1.807, 2.05) is 0 Å².